The molecule has 4 heteroatoms. The second kappa shape index (κ2) is 5.50. The fourth-order valence-corrected chi connectivity index (χ4v) is 2.06. The number of halogens is 1. The smallest absolute Gasteiger partial charge is 0.233 e. The van der Waals surface area contributed by atoms with E-state index in [4.69, 9.17) is 11.6 Å². The third kappa shape index (κ3) is 2.94. The molecule has 2 unspecified atom stereocenters. The minimum Gasteiger partial charge on any atom is -0.282 e. The van der Waals surface area contributed by atoms with Crippen LogP contribution in [-0.4, -0.2) is 29.1 Å². The van der Waals surface area contributed by atoms with Gasteiger partial charge in [0.15, 0.2) is 0 Å². The lowest BCUT2D eigenvalue weighted by atomic mass is 10.0. The number of imide groups is 1. The summed E-state index contributed by atoms with van der Waals surface area (Å²) in [4.78, 5) is 24.7. The number of carbonyl (C=O) groups excluding carboxylic acids is 2. The number of likely N-dealkylation sites (tertiary alicyclic amines) is 1. The fourth-order valence-electron chi connectivity index (χ4n) is 1.93. The summed E-state index contributed by atoms with van der Waals surface area (Å²) < 4.78 is 0. The lowest BCUT2D eigenvalue weighted by molar-refractivity contribution is -0.143. The molecule has 1 rings (SSSR count). The van der Waals surface area contributed by atoms with E-state index in [1.807, 2.05) is 0 Å². The van der Waals surface area contributed by atoms with Crippen LogP contribution < -0.4 is 0 Å². The molecule has 86 valence electrons. The molecule has 0 spiro atoms. The lowest BCUT2D eigenvalue weighted by Gasteiger charge is -2.17. The van der Waals surface area contributed by atoms with Gasteiger partial charge in [0.25, 0.3) is 0 Å². The summed E-state index contributed by atoms with van der Waals surface area (Å²) in [6, 6.07) is 0. The van der Waals surface area contributed by atoms with Crippen LogP contribution in [0.1, 0.15) is 33.1 Å². The number of alkyl halides is 1. The molecule has 0 aromatic heterocycles. The molecular formula is C11H18ClNO2. The monoisotopic (exact) mass is 231 g/mol. The van der Waals surface area contributed by atoms with E-state index in [0.29, 0.717) is 18.9 Å². The highest BCUT2D eigenvalue weighted by molar-refractivity contribution is 6.19. The van der Waals surface area contributed by atoms with Crippen LogP contribution >= 0.6 is 11.6 Å². The Labute approximate surface area is 95.8 Å². The largest absolute Gasteiger partial charge is 0.282 e. The summed E-state index contributed by atoms with van der Waals surface area (Å²) in [7, 11) is 0. The van der Waals surface area contributed by atoms with Crippen molar-refractivity contribution >= 4 is 23.4 Å². The summed E-state index contributed by atoms with van der Waals surface area (Å²) in [5.41, 5.74) is 0. The molecule has 0 aromatic carbocycles. The summed E-state index contributed by atoms with van der Waals surface area (Å²) in [5, 5.41) is 0. The zero-order valence-electron chi connectivity index (χ0n) is 9.33. The second-order valence-corrected chi connectivity index (χ2v) is 4.57. The first kappa shape index (κ1) is 12.5. The van der Waals surface area contributed by atoms with Crippen molar-refractivity contribution in [1.82, 2.24) is 4.90 Å². The van der Waals surface area contributed by atoms with Gasteiger partial charge in [-0.05, 0) is 12.3 Å². The quantitative estimate of drug-likeness (QED) is 0.695. The molecule has 1 aliphatic rings. The van der Waals surface area contributed by atoms with Gasteiger partial charge in [-0.2, -0.15) is 0 Å². The highest BCUT2D eigenvalue weighted by Crippen LogP contribution is 2.23. The van der Waals surface area contributed by atoms with Crippen molar-refractivity contribution in [2.24, 2.45) is 11.8 Å². The van der Waals surface area contributed by atoms with Crippen LogP contribution in [0.2, 0.25) is 0 Å². The topological polar surface area (TPSA) is 37.4 Å². The van der Waals surface area contributed by atoms with Crippen LogP contribution in [0.5, 0.6) is 0 Å². The third-order valence-corrected chi connectivity index (χ3v) is 3.28. The molecule has 0 saturated carbocycles. The molecule has 1 aliphatic heterocycles. The molecule has 0 aromatic rings. The number of hydrogen-bond acceptors (Lipinski definition) is 2. The molecule has 2 atom stereocenters. The van der Waals surface area contributed by atoms with Crippen LogP contribution in [-0.2, 0) is 9.59 Å². The van der Waals surface area contributed by atoms with Crippen LogP contribution in [0.4, 0.5) is 0 Å². The van der Waals surface area contributed by atoms with Gasteiger partial charge in [-0.3, -0.25) is 14.5 Å². The van der Waals surface area contributed by atoms with Crippen LogP contribution in [0.15, 0.2) is 0 Å². The molecule has 1 heterocycles. The Hall–Kier alpha value is -0.570. The van der Waals surface area contributed by atoms with Crippen LogP contribution in [0.25, 0.3) is 0 Å². The maximum atomic E-state index is 11.8. The van der Waals surface area contributed by atoms with Crippen molar-refractivity contribution < 1.29 is 9.59 Å². The molecule has 1 fully saturated rings. The van der Waals surface area contributed by atoms with E-state index in [0.717, 1.165) is 12.8 Å². The Morgan fingerprint density at radius 2 is 2.33 bits per heavy atom. The zero-order valence-corrected chi connectivity index (χ0v) is 10.1. The molecule has 2 amide bonds. The van der Waals surface area contributed by atoms with E-state index in [-0.39, 0.29) is 23.6 Å². The van der Waals surface area contributed by atoms with E-state index in [1.165, 1.54) is 4.90 Å². The number of carbonyl (C=O) groups is 2. The first-order valence-electron chi connectivity index (χ1n) is 5.50. The molecule has 0 N–H and O–H groups in total. The normalized spacial score (nSPS) is 23.3. The SMILES string of the molecule is CCCC1CC(=O)N(C(=O)C(C)CCl)C1. The molecular weight excluding hydrogens is 214 g/mol. The first-order chi connectivity index (χ1) is 7.10. The molecule has 0 bridgehead atoms. The maximum Gasteiger partial charge on any atom is 0.233 e. The van der Waals surface area contributed by atoms with Gasteiger partial charge in [-0.15, -0.1) is 11.6 Å². The van der Waals surface area contributed by atoms with Gasteiger partial charge in [0.1, 0.15) is 0 Å². The van der Waals surface area contributed by atoms with E-state index in [2.05, 4.69) is 6.92 Å². The van der Waals surface area contributed by atoms with Crippen LogP contribution in [0.3, 0.4) is 0 Å². The molecule has 0 radical (unpaired) electrons. The summed E-state index contributed by atoms with van der Waals surface area (Å²) >= 11 is 5.61. The Morgan fingerprint density at radius 1 is 1.67 bits per heavy atom. The fraction of sp³-hybridized carbons (Fsp3) is 0.818. The van der Waals surface area contributed by atoms with Crippen molar-refractivity contribution in [1.29, 1.82) is 0 Å². The highest BCUT2D eigenvalue weighted by atomic mass is 35.5. The van der Waals surface area contributed by atoms with E-state index < -0.39 is 0 Å². The maximum absolute atomic E-state index is 11.8. The van der Waals surface area contributed by atoms with Gasteiger partial charge < -0.3 is 0 Å². The minimum absolute atomic E-state index is 0.0320. The van der Waals surface area contributed by atoms with E-state index >= 15 is 0 Å². The zero-order chi connectivity index (χ0) is 11.4. The van der Waals surface area contributed by atoms with Gasteiger partial charge >= 0.3 is 0 Å². The number of hydrogen-bond donors (Lipinski definition) is 0. The predicted molar refractivity (Wildman–Crippen MR) is 59.6 cm³/mol. The first-order valence-corrected chi connectivity index (χ1v) is 6.03. The molecule has 1 saturated heterocycles. The Kier molecular flexibility index (Phi) is 4.58. The van der Waals surface area contributed by atoms with E-state index in [9.17, 15) is 9.59 Å². The minimum atomic E-state index is -0.254. The summed E-state index contributed by atoms with van der Waals surface area (Å²) in [5.74, 6) is 0.232. The average molecular weight is 232 g/mol. The average Bonchev–Trinajstić information content (AvgIpc) is 2.58. The highest BCUT2D eigenvalue weighted by Gasteiger charge is 2.34. The van der Waals surface area contributed by atoms with Gasteiger partial charge in [-0.25, -0.2) is 0 Å². The van der Waals surface area contributed by atoms with Crippen molar-refractivity contribution in [2.75, 3.05) is 12.4 Å². The van der Waals surface area contributed by atoms with E-state index in [1.54, 1.807) is 6.92 Å². The van der Waals surface area contributed by atoms with Gasteiger partial charge in [-0.1, -0.05) is 20.3 Å². The van der Waals surface area contributed by atoms with Crippen LogP contribution in [0, 0.1) is 11.8 Å². The number of nitrogens with zero attached hydrogens (tertiary/aromatic N) is 1. The summed E-state index contributed by atoms with van der Waals surface area (Å²) in [6.07, 6.45) is 2.60. The number of rotatable bonds is 4. The standard InChI is InChI=1S/C11H18ClNO2/c1-3-4-9-5-10(14)13(7-9)11(15)8(2)6-12/h8-9H,3-7H2,1-2H3. The van der Waals surface area contributed by atoms with Gasteiger partial charge in [0.2, 0.25) is 11.8 Å². The molecule has 15 heavy (non-hydrogen) atoms. The third-order valence-electron chi connectivity index (χ3n) is 2.82. The Balaban J connectivity index is 2.57. The second-order valence-electron chi connectivity index (χ2n) is 4.26. The molecule has 0 aliphatic carbocycles. The Morgan fingerprint density at radius 3 is 2.87 bits per heavy atom. The van der Waals surface area contributed by atoms with Gasteiger partial charge in [0, 0.05) is 24.8 Å². The van der Waals surface area contributed by atoms with Crippen molar-refractivity contribution in [3.05, 3.63) is 0 Å². The summed E-state index contributed by atoms with van der Waals surface area (Å²) in [6.45, 7) is 4.44. The predicted octanol–water partition coefficient (Wildman–Crippen LogP) is 2.04. The van der Waals surface area contributed by atoms with Gasteiger partial charge in [0.05, 0.1) is 0 Å². The molecule has 3 nitrogen and oxygen atoms in total. The Bertz CT molecular complexity index is 255. The van der Waals surface area contributed by atoms with Crippen molar-refractivity contribution in [3.8, 4) is 0 Å². The lowest BCUT2D eigenvalue weighted by Crippen LogP contribution is -2.37. The van der Waals surface area contributed by atoms with Crippen molar-refractivity contribution in [2.45, 2.75) is 33.1 Å². The van der Waals surface area contributed by atoms with Crippen molar-refractivity contribution in [3.63, 3.8) is 0 Å². The number of amides is 2.